The fourth-order valence-electron chi connectivity index (χ4n) is 2.16. The molecular weight excluding hydrogens is 266 g/mol. The second-order valence-corrected chi connectivity index (χ2v) is 4.52. The molecular formula is C11H15N5O4. The van der Waals surface area contributed by atoms with Gasteiger partial charge in [0, 0.05) is 23.1 Å². The molecule has 20 heavy (non-hydrogen) atoms. The van der Waals surface area contributed by atoms with Gasteiger partial charge in [-0.05, 0) is 12.0 Å². The van der Waals surface area contributed by atoms with Gasteiger partial charge in [-0.1, -0.05) is 12.0 Å². The van der Waals surface area contributed by atoms with Crippen molar-refractivity contribution < 1.29 is 9.84 Å². The highest BCUT2D eigenvalue weighted by molar-refractivity contribution is 5.04. The van der Waals surface area contributed by atoms with Crippen LogP contribution in [0.4, 0.5) is 0 Å². The van der Waals surface area contributed by atoms with Crippen LogP contribution in [0.1, 0.15) is 25.1 Å². The number of aromatic nitrogens is 2. The lowest BCUT2D eigenvalue weighted by Gasteiger charge is -2.15. The number of hydrogen-bond acceptors (Lipinski definition) is 5. The molecule has 1 saturated heterocycles. The number of aryl methyl sites for hydroxylation is 1. The van der Waals surface area contributed by atoms with Gasteiger partial charge in [0.15, 0.2) is 0 Å². The Morgan fingerprint density at radius 3 is 3.05 bits per heavy atom. The fraction of sp³-hybridized carbons (Fsp3) is 0.636. The summed E-state index contributed by atoms with van der Waals surface area (Å²) < 4.78 is 6.76. The van der Waals surface area contributed by atoms with Crippen LogP contribution in [0.5, 0.6) is 0 Å². The molecule has 1 aliphatic rings. The second kappa shape index (κ2) is 5.91. The molecule has 0 aliphatic carbocycles. The molecule has 1 unspecified atom stereocenters. The minimum atomic E-state index is -0.825. The van der Waals surface area contributed by atoms with Gasteiger partial charge in [0.1, 0.15) is 6.23 Å². The van der Waals surface area contributed by atoms with E-state index >= 15 is 0 Å². The maximum atomic E-state index is 11.8. The minimum Gasteiger partial charge on any atom is -0.390 e. The molecule has 9 heteroatoms. The summed E-state index contributed by atoms with van der Waals surface area (Å²) in [5.41, 5.74) is 7.72. The summed E-state index contributed by atoms with van der Waals surface area (Å²) in [5, 5.41) is 13.2. The summed E-state index contributed by atoms with van der Waals surface area (Å²) in [7, 11) is 0. The number of hydrogen-bond donors (Lipinski definition) is 2. The molecule has 0 aromatic carbocycles. The number of nitrogens with one attached hydrogen (secondary N) is 1. The molecule has 1 aliphatic heterocycles. The second-order valence-electron chi connectivity index (χ2n) is 4.52. The van der Waals surface area contributed by atoms with Crippen molar-refractivity contribution in [3.63, 3.8) is 0 Å². The third-order valence-corrected chi connectivity index (χ3v) is 3.26. The van der Waals surface area contributed by atoms with Gasteiger partial charge in [-0.2, -0.15) is 0 Å². The van der Waals surface area contributed by atoms with Crippen LogP contribution in [-0.4, -0.2) is 33.4 Å². The van der Waals surface area contributed by atoms with Gasteiger partial charge in [-0.25, -0.2) is 4.79 Å². The van der Waals surface area contributed by atoms with E-state index in [1.54, 1.807) is 6.92 Å². The van der Waals surface area contributed by atoms with Gasteiger partial charge in [-0.3, -0.25) is 14.3 Å². The third-order valence-electron chi connectivity index (χ3n) is 3.26. The number of aliphatic hydroxyl groups is 1. The van der Waals surface area contributed by atoms with Crippen molar-refractivity contribution in [3.05, 3.63) is 43.0 Å². The number of H-pyrrole nitrogens is 1. The lowest BCUT2D eigenvalue weighted by molar-refractivity contribution is -0.0151. The summed E-state index contributed by atoms with van der Waals surface area (Å²) in [4.78, 5) is 28.1. The number of aliphatic hydroxyl groups excluding tert-OH is 1. The SMILES string of the molecule is CCc1cn(C2C[C@@H](O)[C@@H](CN=[N+]=[N-])O2)c(=O)[nH]c1=O. The number of ether oxygens (including phenoxy) is 1. The van der Waals surface area contributed by atoms with Gasteiger partial charge in [0.25, 0.3) is 5.56 Å². The molecule has 2 rings (SSSR count). The average Bonchev–Trinajstić information content (AvgIpc) is 2.77. The van der Waals surface area contributed by atoms with E-state index in [-0.39, 0.29) is 13.0 Å². The Balaban J connectivity index is 2.27. The van der Waals surface area contributed by atoms with Crippen LogP contribution >= 0.6 is 0 Å². The van der Waals surface area contributed by atoms with Crippen molar-refractivity contribution in [1.82, 2.24) is 9.55 Å². The van der Waals surface area contributed by atoms with E-state index in [1.165, 1.54) is 10.8 Å². The van der Waals surface area contributed by atoms with E-state index in [2.05, 4.69) is 15.0 Å². The molecule has 2 N–H and O–H groups in total. The molecule has 3 atom stereocenters. The lowest BCUT2D eigenvalue weighted by atomic mass is 10.2. The van der Waals surface area contributed by atoms with Crippen LogP contribution in [-0.2, 0) is 11.2 Å². The first kappa shape index (κ1) is 14.3. The lowest BCUT2D eigenvalue weighted by Crippen LogP contribution is -2.34. The Hall–Kier alpha value is -2.09. The molecule has 1 fully saturated rings. The van der Waals surface area contributed by atoms with Gasteiger partial charge in [0.2, 0.25) is 0 Å². The number of aromatic amines is 1. The summed E-state index contributed by atoms with van der Waals surface area (Å²) >= 11 is 0. The summed E-state index contributed by atoms with van der Waals surface area (Å²) in [5.74, 6) is 0. The van der Waals surface area contributed by atoms with E-state index < -0.39 is 29.7 Å². The quantitative estimate of drug-likeness (QED) is 0.458. The highest BCUT2D eigenvalue weighted by Gasteiger charge is 2.35. The maximum Gasteiger partial charge on any atom is 0.330 e. The monoisotopic (exact) mass is 281 g/mol. The molecule has 0 bridgehead atoms. The number of rotatable bonds is 4. The highest BCUT2D eigenvalue weighted by atomic mass is 16.5. The van der Waals surface area contributed by atoms with Gasteiger partial charge < -0.3 is 9.84 Å². The van der Waals surface area contributed by atoms with Crippen LogP contribution in [0.3, 0.4) is 0 Å². The standard InChI is InChI=1S/C11H15N5O4/c1-2-6-5-16(11(19)14-10(6)18)9-3-7(17)8(20-9)4-13-15-12/h5,7-9,17H,2-4H2,1H3,(H,14,18,19)/t7-,8-,9?/m1/s1. The van der Waals surface area contributed by atoms with Crippen molar-refractivity contribution in [3.8, 4) is 0 Å². The first-order chi connectivity index (χ1) is 9.56. The van der Waals surface area contributed by atoms with E-state index in [1.807, 2.05) is 0 Å². The van der Waals surface area contributed by atoms with Crippen LogP contribution < -0.4 is 11.2 Å². The molecule has 0 radical (unpaired) electrons. The molecule has 108 valence electrons. The van der Waals surface area contributed by atoms with Crippen molar-refractivity contribution >= 4 is 0 Å². The molecule has 9 nitrogen and oxygen atoms in total. The topological polar surface area (TPSA) is 133 Å². The molecule has 0 spiro atoms. The first-order valence-electron chi connectivity index (χ1n) is 6.25. The van der Waals surface area contributed by atoms with Gasteiger partial charge in [0.05, 0.1) is 18.8 Å². The Bertz CT molecular complexity index is 645. The van der Waals surface area contributed by atoms with E-state index in [0.29, 0.717) is 12.0 Å². The largest absolute Gasteiger partial charge is 0.390 e. The minimum absolute atomic E-state index is 0.00704. The summed E-state index contributed by atoms with van der Waals surface area (Å²) in [6.07, 6.45) is -0.0461. The summed E-state index contributed by atoms with van der Waals surface area (Å²) in [6, 6.07) is 0. The smallest absolute Gasteiger partial charge is 0.330 e. The normalized spacial score (nSPS) is 25.4. The predicted octanol–water partition coefficient (Wildman–Crippen LogP) is 0.0577. The fourth-order valence-corrected chi connectivity index (χ4v) is 2.16. The zero-order valence-corrected chi connectivity index (χ0v) is 10.9. The predicted molar refractivity (Wildman–Crippen MR) is 69.2 cm³/mol. The first-order valence-corrected chi connectivity index (χ1v) is 6.25. The van der Waals surface area contributed by atoms with Gasteiger partial charge >= 0.3 is 5.69 Å². The Morgan fingerprint density at radius 1 is 1.65 bits per heavy atom. The van der Waals surface area contributed by atoms with Crippen molar-refractivity contribution in [2.24, 2.45) is 5.11 Å². The van der Waals surface area contributed by atoms with Crippen LogP contribution in [0.25, 0.3) is 10.4 Å². The molecule has 2 heterocycles. The maximum absolute atomic E-state index is 11.8. The molecule has 0 saturated carbocycles. The Kier molecular flexibility index (Phi) is 4.23. The zero-order valence-electron chi connectivity index (χ0n) is 10.9. The average molecular weight is 281 g/mol. The Morgan fingerprint density at radius 2 is 2.40 bits per heavy atom. The molecule has 1 aromatic rings. The number of nitrogens with zero attached hydrogens (tertiary/aromatic N) is 4. The van der Waals surface area contributed by atoms with Crippen molar-refractivity contribution in [2.75, 3.05) is 6.54 Å². The number of azide groups is 1. The molecule has 1 aromatic heterocycles. The van der Waals surface area contributed by atoms with E-state index in [9.17, 15) is 14.7 Å². The summed E-state index contributed by atoms with van der Waals surface area (Å²) in [6.45, 7) is 1.79. The van der Waals surface area contributed by atoms with Crippen molar-refractivity contribution in [1.29, 1.82) is 0 Å². The van der Waals surface area contributed by atoms with Crippen LogP contribution in [0.15, 0.2) is 20.9 Å². The van der Waals surface area contributed by atoms with E-state index in [0.717, 1.165) is 0 Å². The van der Waals surface area contributed by atoms with E-state index in [4.69, 9.17) is 10.3 Å². The third kappa shape index (κ3) is 2.74. The highest BCUT2D eigenvalue weighted by Crippen LogP contribution is 2.27. The van der Waals surface area contributed by atoms with Gasteiger partial charge in [-0.15, -0.1) is 0 Å². The molecule has 0 amide bonds. The van der Waals surface area contributed by atoms with Crippen LogP contribution in [0, 0.1) is 0 Å². The Labute approximate surface area is 113 Å². The zero-order chi connectivity index (χ0) is 14.7. The van der Waals surface area contributed by atoms with Crippen molar-refractivity contribution in [2.45, 2.75) is 38.2 Å². The van der Waals surface area contributed by atoms with Crippen LogP contribution in [0.2, 0.25) is 0 Å².